The summed E-state index contributed by atoms with van der Waals surface area (Å²) in [4.78, 5) is 23.9. The van der Waals surface area contributed by atoms with Crippen molar-refractivity contribution in [3.63, 3.8) is 0 Å². The van der Waals surface area contributed by atoms with Gasteiger partial charge in [-0.3, -0.25) is 4.79 Å². The largest absolute Gasteiger partial charge is 0.496 e. The lowest BCUT2D eigenvalue weighted by molar-refractivity contribution is -0.121. The van der Waals surface area contributed by atoms with Gasteiger partial charge in [-0.05, 0) is 36.5 Å². The number of carboxylic acid groups (broad SMARTS) is 1. The van der Waals surface area contributed by atoms with Crippen LogP contribution in [0.4, 0.5) is 0 Å². The molecule has 0 aliphatic carbocycles. The Morgan fingerprint density at radius 2 is 1.74 bits per heavy atom. The van der Waals surface area contributed by atoms with E-state index in [9.17, 15) is 14.7 Å². The summed E-state index contributed by atoms with van der Waals surface area (Å²) >= 11 is 0. The predicted octanol–water partition coefficient (Wildman–Crippen LogP) is 4.23. The van der Waals surface area contributed by atoms with E-state index >= 15 is 0 Å². The maximum Gasteiger partial charge on any atom is 0.335 e. The summed E-state index contributed by atoms with van der Waals surface area (Å²) in [6.45, 7) is 4.22. The minimum absolute atomic E-state index is 0.105. The highest BCUT2D eigenvalue weighted by Gasteiger charge is 2.20. The first-order valence-electron chi connectivity index (χ1n) is 9.15. The van der Waals surface area contributed by atoms with Gasteiger partial charge < -0.3 is 15.2 Å². The van der Waals surface area contributed by atoms with Crippen LogP contribution in [0.5, 0.6) is 5.75 Å². The Labute approximate surface area is 160 Å². The summed E-state index contributed by atoms with van der Waals surface area (Å²) in [5.74, 6) is 0.0667. The van der Waals surface area contributed by atoms with Crippen molar-refractivity contribution in [1.82, 2.24) is 5.32 Å². The Hall–Kier alpha value is -2.82. The zero-order chi connectivity index (χ0) is 19.8. The van der Waals surface area contributed by atoms with Gasteiger partial charge in [0.25, 0.3) is 0 Å². The van der Waals surface area contributed by atoms with E-state index in [-0.39, 0.29) is 23.9 Å². The molecule has 2 aromatic rings. The van der Waals surface area contributed by atoms with E-state index < -0.39 is 5.97 Å². The van der Waals surface area contributed by atoms with Gasteiger partial charge in [-0.15, -0.1) is 0 Å². The average Bonchev–Trinajstić information content (AvgIpc) is 2.65. The second-order valence-electron chi connectivity index (χ2n) is 6.95. The topological polar surface area (TPSA) is 75.6 Å². The van der Waals surface area contributed by atoms with Crippen LogP contribution < -0.4 is 10.1 Å². The van der Waals surface area contributed by atoms with Gasteiger partial charge in [0, 0.05) is 12.0 Å². The normalized spacial score (nSPS) is 11.9. The summed E-state index contributed by atoms with van der Waals surface area (Å²) in [7, 11) is 1.62. The molecule has 144 valence electrons. The number of benzene rings is 2. The highest BCUT2D eigenvalue weighted by molar-refractivity contribution is 5.89. The maximum atomic E-state index is 12.6. The Balaban J connectivity index is 2.09. The third-order valence-electron chi connectivity index (χ3n) is 4.43. The van der Waals surface area contributed by atoms with Crippen LogP contribution in [0.3, 0.4) is 0 Å². The molecule has 0 saturated heterocycles. The lowest BCUT2D eigenvalue weighted by Crippen LogP contribution is -2.30. The van der Waals surface area contributed by atoms with Crippen molar-refractivity contribution in [3.05, 3.63) is 65.2 Å². The number of carboxylic acids is 1. The van der Waals surface area contributed by atoms with Crippen molar-refractivity contribution in [2.24, 2.45) is 5.92 Å². The third-order valence-corrected chi connectivity index (χ3v) is 4.43. The average molecular weight is 369 g/mol. The number of para-hydroxylation sites is 1. The SMILES string of the molecule is COc1ccccc1C(CC(C)C)NC(=O)CCc1ccccc1C(=O)O. The van der Waals surface area contributed by atoms with E-state index in [1.807, 2.05) is 24.3 Å². The molecule has 2 aromatic carbocycles. The van der Waals surface area contributed by atoms with E-state index in [4.69, 9.17) is 4.74 Å². The van der Waals surface area contributed by atoms with Gasteiger partial charge in [-0.25, -0.2) is 4.79 Å². The van der Waals surface area contributed by atoms with E-state index in [0.717, 1.165) is 17.7 Å². The first-order chi connectivity index (χ1) is 12.9. The van der Waals surface area contributed by atoms with Gasteiger partial charge in [0.1, 0.15) is 5.75 Å². The molecule has 2 rings (SSSR count). The molecule has 1 atom stereocenters. The van der Waals surface area contributed by atoms with Crippen LogP contribution in [-0.4, -0.2) is 24.1 Å². The summed E-state index contributed by atoms with van der Waals surface area (Å²) in [6, 6.07) is 14.3. The second-order valence-corrected chi connectivity index (χ2v) is 6.95. The van der Waals surface area contributed by atoms with Crippen molar-refractivity contribution >= 4 is 11.9 Å². The molecule has 0 aromatic heterocycles. The number of rotatable bonds is 9. The van der Waals surface area contributed by atoms with Crippen LogP contribution in [0, 0.1) is 5.92 Å². The van der Waals surface area contributed by atoms with E-state index in [2.05, 4.69) is 19.2 Å². The smallest absolute Gasteiger partial charge is 0.335 e. The van der Waals surface area contributed by atoms with E-state index in [1.165, 1.54) is 0 Å². The van der Waals surface area contributed by atoms with Crippen LogP contribution in [0.2, 0.25) is 0 Å². The Kier molecular flexibility index (Phi) is 7.41. The highest BCUT2D eigenvalue weighted by atomic mass is 16.5. The molecule has 0 fully saturated rings. The van der Waals surface area contributed by atoms with Gasteiger partial charge in [-0.2, -0.15) is 0 Å². The number of nitrogens with one attached hydrogen (secondary N) is 1. The van der Waals surface area contributed by atoms with E-state index in [0.29, 0.717) is 17.9 Å². The van der Waals surface area contributed by atoms with Gasteiger partial charge in [0.05, 0.1) is 18.7 Å². The fourth-order valence-electron chi connectivity index (χ4n) is 3.15. The molecular weight excluding hydrogens is 342 g/mol. The number of carbonyl (C=O) groups is 2. The monoisotopic (exact) mass is 369 g/mol. The maximum absolute atomic E-state index is 12.6. The van der Waals surface area contributed by atoms with Gasteiger partial charge >= 0.3 is 5.97 Å². The van der Waals surface area contributed by atoms with Crippen LogP contribution in [-0.2, 0) is 11.2 Å². The van der Waals surface area contributed by atoms with Crippen molar-refractivity contribution < 1.29 is 19.4 Å². The molecule has 0 saturated carbocycles. The molecule has 0 bridgehead atoms. The molecule has 5 nitrogen and oxygen atoms in total. The molecule has 1 unspecified atom stereocenters. The summed E-state index contributed by atoms with van der Waals surface area (Å²) in [6.07, 6.45) is 1.40. The lowest BCUT2D eigenvalue weighted by atomic mass is 9.95. The number of carbonyl (C=O) groups excluding carboxylic acids is 1. The highest BCUT2D eigenvalue weighted by Crippen LogP contribution is 2.29. The van der Waals surface area contributed by atoms with Gasteiger partial charge in [0.2, 0.25) is 5.91 Å². The number of hydrogen-bond donors (Lipinski definition) is 2. The minimum Gasteiger partial charge on any atom is -0.496 e. The third kappa shape index (κ3) is 5.84. The van der Waals surface area contributed by atoms with Crippen molar-refractivity contribution in [3.8, 4) is 5.75 Å². The molecule has 5 heteroatoms. The summed E-state index contributed by atoms with van der Waals surface area (Å²) in [5.41, 5.74) is 1.86. The van der Waals surface area contributed by atoms with Crippen LogP contribution in [0.1, 0.15) is 54.2 Å². The molecule has 0 spiro atoms. The molecule has 2 N–H and O–H groups in total. The first-order valence-corrected chi connectivity index (χ1v) is 9.15. The van der Waals surface area contributed by atoms with Gasteiger partial charge in [0.15, 0.2) is 0 Å². The number of ether oxygens (including phenoxy) is 1. The van der Waals surface area contributed by atoms with E-state index in [1.54, 1.807) is 31.4 Å². The van der Waals surface area contributed by atoms with Crippen LogP contribution in [0.15, 0.2) is 48.5 Å². The molecule has 27 heavy (non-hydrogen) atoms. The van der Waals surface area contributed by atoms with Crippen molar-refractivity contribution in [1.29, 1.82) is 0 Å². The first kappa shape index (κ1) is 20.5. The lowest BCUT2D eigenvalue weighted by Gasteiger charge is -2.23. The molecule has 0 aliphatic rings. The zero-order valence-corrected chi connectivity index (χ0v) is 16.1. The van der Waals surface area contributed by atoms with Gasteiger partial charge in [-0.1, -0.05) is 50.2 Å². The molecule has 0 aliphatic heterocycles. The molecular formula is C22H27NO4. The minimum atomic E-state index is -0.974. The number of methoxy groups -OCH3 is 1. The predicted molar refractivity (Wildman–Crippen MR) is 105 cm³/mol. The Morgan fingerprint density at radius 3 is 2.41 bits per heavy atom. The fraction of sp³-hybridized carbons (Fsp3) is 0.364. The molecule has 1 amide bonds. The fourth-order valence-corrected chi connectivity index (χ4v) is 3.15. The zero-order valence-electron chi connectivity index (χ0n) is 16.1. The quantitative estimate of drug-likeness (QED) is 0.693. The standard InChI is InChI=1S/C22H27NO4/c1-15(2)14-19(18-10-6-7-11-20(18)27-3)23-21(24)13-12-16-8-4-5-9-17(16)22(25)26/h4-11,15,19H,12-14H2,1-3H3,(H,23,24)(H,25,26). The number of aryl methyl sites for hydroxylation is 1. The summed E-state index contributed by atoms with van der Waals surface area (Å²) in [5, 5.41) is 12.4. The Morgan fingerprint density at radius 1 is 1.07 bits per heavy atom. The number of aromatic carboxylic acids is 1. The van der Waals surface area contributed by atoms with Crippen molar-refractivity contribution in [2.45, 2.75) is 39.2 Å². The van der Waals surface area contributed by atoms with Crippen molar-refractivity contribution in [2.75, 3.05) is 7.11 Å². The second kappa shape index (κ2) is 9.76. The number of amides is 1. The number of hydrogen-bond acceptors (Lipinski definition) is 3. The summed E-state index contributed by atoms with van der Waals surface area (Å²) < 4.78 is 5.44. The Bertz CT molecular complexity index is 785. The van der Waals surface area contributed by atoms with Crippen LogP contribution in [0.25, 0.3) is 0 Å². The van der Waals surface area contributed by atoms with Crippen LogP contribution >= 0.6 is 0 Å². The molecule has 0 radical (unpaired) electrons. The molecule has 0 heterocycles.